The van der Waals surface area contributed by atoms with Crippen LogP contribution in [0.5, 0.6) is 0 Å². The summed E-state index contributed by atoms with van der Waals surface area (Å²) in [6.45, 7) is 8.12. The molecule has 0 bridgehead atoms. The van der Waals surface area contributed by atoms with Crippen LogP contribution in [0.25, 0.3) is 10.9 Å². The van der Waals surface area contributed by atoms with Crippen LogP contribution in [0.4, 0.5) is 0 Å². The Bertz CT molecular complexity index is 1010. The molecule has 1 aromatic heterocycles. The minimum atomic E-state index is -0.118. The van der Waals surface area contributed by atoms with E-state index >= 15 is 0 Å². The van der Waals surface area contributed by atoms with Gasteiger partial charge in [-0.05, 0) is 36.3 Å². The summed E-state index contributed by atoms with van der Waals surface area (Å²) in [5, 5.41) is 3.49. The number of nitrogens with one attached hydrogen (secondary N) is 1. The van der Waals surface area contributed by atoms with Crippen molar-refractivity contribution in [3.63, 3.8) is 0 Å². The van der Waals surface area contributed by atoms with Gasteiger partial charge in [-0.25, -0.2) is 4.98 Å². The van der Waals surface area contributed by atoms with E-state index in [2.05, 4.69) is 53.3 Å². The third-order valence-electron chi connectivity index (χ3n) is 5.12. The van der Waals surface area contributed by atoms with Crippen LogP contribution >= 0.6 is 0 Å². The van der Waals surface area contributed by atoms with Gasteiger partial charge in [-0.3, -0.25) is 19.1 Å². The summed E-state index contributed by atoms with van der Waals surface area (Å²) in [4.78, 5) is 31.3. The summed E-state index contributed by atoms with van der Waals surface area (Å²) in [6.07, 6.45) is 1.74. The van der Waals surface area contributed by atoms with Crippen LogP contribution < -0.4 is 10.9 Å². The molecule has 0 unspecified atom stereocenters. The van der Waals surface area contributed by atoms with Gasteiger partial charge in [-0.1, -0.05) is 50.2 Å². The fourth-order valence-corrected chi connectivity index (χ4v) is 3.24. The summed E-state index contributed by atoms with van der Waals surface area (Å²) >= 11 is 0. The molecule has 3 aromatic rings. The Balaban J connectivity index is 1.50. The Morgan fingerprint density at radius 3 is 2.45 bits per heavy atom. The van der Waals surface area contributed by atoms with Crippen LogP contribution in [0.3, 0.4) is 0 Å². The van der Waals surface area contributed by atoms with Crippen LogP contribution in [0, 0.1) is 0 Å². The number of fused-ring (bicyclic) bond motifs is 1. The van der Waals surface area contributed by atoms with E-state index in [0.29, 0.717) is 24.0 Å². The quantitative estimate of drug-likeness (QED) is 0.608. The van der Waals surface area contributed by atoms with Gasteiger partial charge in [0.25, 0.3) is 5.56 Å². The molecule has 0 saturated heterocycles. The molecule has 2 aromatic carbocycles. The normalized spacial score (nSPS) is 11.1. The van der Waals surface area contributed by atoms with Crippen molar-refractivity contribution in [2.45, 2.75) is 39.9 Å². The van der Waals surface area contributed by atoms with Crippen molar-refractivity contribution < 1.29 is 4.79 Å². The Morgan fingerprint density at radius 2 is 1.72 bits per heavy atom. The van der Waals surface area contributed by atoms with E-state index in [1.54, 1.807) is 12.1 Å². The van der Waals surface area contributed by atoms with Gasteiger partial charge in [0, 0.05) is 26.1 Å². The van der Waals surface area contributed by atoms with Crippen molar-refractivity contribution in [3.05, 3.63) is 76.3 Å². The second kappa shape index (κ2) is 9.98. The number of carbonyl (C=O) groups excluding carboxylic acids is 1. The predicted molar refractivity (Wildman–Crippen MR) is 116 cm³/mol. The number of hydrogen-bond acceptors (Lipinski definition) is 4. The van der Waals surface area contributed by atoms with Gasteiger partial charge in [0.2, 0.25) is 5.91 Å². The number of carbonyl (C=O) groups is 1. The van der Waals surface area contributed by atoms with Gasteiger partial charge >= 0.3 is 0 Å². The van der Waals surface area contributed by atoms with E-state index in [4.69, 9.17) is 0 Å². The number of aromatic nitrogens is 2. The van der Waals surface area contributed by atoms with Crippen LogP contribution in [0.15, 0.2) is 59.7 Å². The first kappa shape index (κ1) is 20.7. The SMILES string of the molecule is CCN(CC)Cc1ccc(CNC(=O)CCn2cnc3ccccc3c2=O)cc1. The average molecular weight is 393 g/mol. The van der Waals surface area contributed by atoms with E-state index in [1.165, 1.54) is 16.5 Å². The predicted octanol–water partition coefficient (Wildman–Crippen LogP) is 2.94. The summed E-state index contributed by atoms with van der Waals surface area (Å²) in [7, 11) is 0. The molecule has 152 valence electrons. The Morgan fingerprint density at radius 1 is 1.03 bits per heavy atom. The van der Waals surface area contributed by atoms with Gasteiger partial charge in [0.15, 0.2) is 0 Å². The first-order valence-corrected chi connectivity index (χ1v) is 10.1. The molecule has 1 heterocycles. The Kier molecular flexibility index (Phi) is 7.14. The van der Waals surface area contributed by atoms with E-state index < -0.39 is 0 Å². The molecule has 0 aliphatic heterocycles. The van der Waals surface area contributed by atoms with Crippen LogP contribution in [-0.4, -0.2) is 33.4 Å². The van der Waals surface area contributed by atoms with Crippen molar-refractivity contribution >= 4 is 16.8 Å². The van der Waals surface area contributed by atoms with E-state index in [0.717, 1.165) is 25.2 Å². The minimum absolute atomic E-state index is 0.0859. The van der Waals surface area contributed by atoms with E-state index in [1.807, 2.05) is 12.1 Å². The van der Waals surface area contributed by atoms with Gasteiger partial charge in [0.1, 0.15) is 0 Å². The van der Waals surface area contributed by atoms with Gasteiger partial charge < -0.3 is 5.32 Å². The number of hydrogen-bond donors (Lipinski definition) is 1. The van der Waals surface area contributed by atoms with Crippen molar-refractivity contribution in [2.24, 2.45) is 0 Å². The molecule has 3 rings (SSSR count). The minimum Gasteiger partial charge on any atom is -0.352 e. The third-order valence-corrected chi connectivity index (χ3v) is 5.12. The number of nitrogens with zero attached hydrogens (tertiary/aromatic N) is 3. The zero-order valence-corrected chi connectivity index (χ0v) is 17.1. The van der Waals surface area contributed by atoms with Crippen molar-refractivity contribution in [1.82, 2.24) is 19.8 Å². The Hall–Kier alpha value is -2.99. The summed E-state index contributed by atoms with van der Waals surface area (Å²) in [6, 6.07) is 15.6. The molecule has 6 heteroatoms. The zero-order chi connectivity index (χ0) is 20.6. The van der Waals surface area contributed by atoms with E-state index in [9.17, 15) is 9.59 Å². The molecule has 0 radical (unpaired) electrons. The van der Waals surface area contributed by atoms with Crippen LogP contribution in [-0.2, 0) is 24.4 Å². The second-order valence-corrected chi connectivity index (χ2v) is 7.06. The van der Waals surface area contributed by atoms with Crippen LogP contribution in [0.1, 0.15) is 31.4 Å². The second-order valence-electron chi connectivity index (χ2n) is 7.06. The topological polar surface area (TPSA) is 67.2 Å². The molecule has 1 amide bonds. The maximum Gasteiger partial charge on any atom is 0.261 e. The molecule has 0 fully saturated rings. The summed E-state index contributed by atoms with van der Waals surface area (Å²) < 4.78 is 1.49. The van der Waals surface area contributed by atoms with Gasteiger partial charge in [-0.15, -0.1) is 0 Å². The fourth-order valence-electron chi connectivity index (χ4n) is 3.24. The van der Waals surface area contributed by atoms with Crippen molar-refractivity contribution in [2.75, 3.05) is 13.1 Å². The van der Waals surface area contributed by atoms with Crippen molar-refractivity contribution in [3.8, 4) is 0 Å². The standard InChI is InChI=1S/C23H28N4O2/c1-3-26(4-2)16-19-11-9-18(10-12-19)15-24-22(28)13-14-27-17-25-21-8-6-5-7-20(21)23(27)29/h5-12,17H,3-4,13-16H2,1-2H3,(H,24,28). The van der Waals surface area contributed by atoms with Crippen molar-refractivity contribution in [1.29, 1.82) is 0 Å². The third kappa shape index (κ3) is 5.51. The highest BCUT2D eigenvalue weighted by Gasteiger charge is 2.07. The molecule has 6 nitrogen and oxygen atoms in total. The molecule has 1 N–H and O–H groups in total. The van der Waals surface area contributed by atoms with Gasteiger partial charge in [-0.2, -0.15) is 0 Å². The number of rotatable bonds is 9. The monoisotopic (exact) mass is 392 g/mol. The summed E-state index contributed by atoms with van der Waals surface area (Å²) in [5.41, 5.74) is 2.88. The molecule has 0 atom stereocenters. The number of aryl methyl sites for hydroxylation is 1. The summed E-state index contributed by atoms with van der Waals surface area (Å²) in [5.74, 6) is -0.0859. The number of benzene rings is 2. The highest BCUT2D eigenvalue weighted by Crippen LogP contribution is 2.08. The molecular formula is C23H28N4O2. The smallest absolute Gasteiger partial charge is 0.261 e. The maximum absolute atomic E-state index is 12.5. The van der Waals surface area contributed by atoms with E-state index in [-0.39, 0.29) is 17.9 Å². The molecule has 0 saturated carbocycles. The zero-order valence-electron chi connectivity index (χ0n) is 17.1. The fraction of sp³-hybridized carbons (Fsp3) is 0.348. The average Bonchev–Trinajstić information content (AvgIpc) is 2.76. The molecule has 0 spiro atoms. The first-order chi connectivity index (χ1) is 14.1. The molecular weight excluding hydrogens is 364 g/mol. The lowest BCUT2D eigenvalue weighted by molar-refractivity contribution is -0.121. The maximum atomic E-state index is 12.5. The highest BCUT2D eigenvalue weighted by atomic mass is 16.1. The largest absolute Gasteiger partial charge is 0.352 e. The molecule has 0 aliphatic carbocycles. The Labute approximate surface area is 171 Å². The number of amides is 1. The van der Waals surface area contributed by atoms with Crippen LogP contribution in [0.2, 0.25) is 0 Å². The lowest BCUT2D eigenvalue weighted by atomic mass is 10.1. The molecule has 29 heavy (non-hydrogen) atoms. The first-order valence-electron chi connectivity index (χ1n) is 10.1. The highest BCUT2D eigenvalue weighted by molar-refractivity contribution is 5.77. The molecule has 0 aliphatic rings. The lowest BCUT2D eigenvalue weighted by Gasteiger charge is -2.18. The number of para-hydroxylation sites is 1. The lowest BCUT2D eigenvalue weighted by Crippen LogP contribution is -2.27. The van der Waals surface area contributed by atoms with Gasteiger partial charge in [0.05, 0.1) is 17.2 Å².